The first-order chi connectivity index (χ1) is 13.6. The van der Waals surface area contributed by atoms with E-state index in [4.69, 9.17) is 18.9 Å². The van der Waals surface area contributed by atoms with Crippen molar-refractivity contribution in [2.75, 3.05) is 13.7 Å². The van der Waals surface area contributed by atoms with Crippen molar-refractivity contribution in [2.45, 2.75) is 59.0 Å². The smallest absolute Gasteiger partial charge is 0.337 e. The molecule has 6 heteroatoms. The third-order valence-corrected chi connectivity index (χ3v) is 4.25. The van der Waals surface area contributed by atoms with E-state index in [0.717, 1.165) is 11.1 Å². The fraction of sp³-hybridized carbons (Fsp3) is 0.478. The predicted molar refractivity (Wildman–Crippen MR) is 112 cm³/mol. The van der Waals surface area contributed by atoms with E-state index in [1.807, 2.05) is 26.8 Å². The van der Waals surface area contributed by atoms with Gasteiger partial charge in [-0.1, -0.05) is 42.5 Å². The Kier molecular flexibility index (Phi) is 9.78. The number of rotatable bonds is 9. The Bertz CT molecular complexity index is 724. The van der Waals surface area contributed by atoms with Gasteiger partial charge in [-0.3, -0.25) is 0 Å². The molecule has 0 aliphatic carbocycles. The lowest BCUT2D eigenvalue weighted by Crippen LogP contribution is -2.42. The second kappa shape index (κ2) is 11.5. The van der Waals surface area contributed by atoms with Gasteiger partial charge in [-0.15, -0.1) is 0 Å². The van der Waals surface area contributed by atoms with Gasteiger partial charge in [0.15, 0.2) is 6.10 Å². The molecule has 0 saturated carbocycles. The van der Waals surface area contributed by atoms with Crippen molar-refractivity contribution in [1.82, 2.24) is 0 Å². The van der Waals surface area contributed by atoms with Crippen LogP contribution in [-0.2, 0) is 28.5 Å². The van der Waals surface area contributed by atoms with Crippen LogP contribution in [0.1, 0.15) is 34.6 Å². The van der Waals surface area contributed by atoms with Gasteiger partial charge in [-0.05, 0) is 40.7 Å². The largest absolute Gasteiger partial charge is 0.456 e. The molecule has 1 heterocycles. The van der Waals surface area contributed by atoms with E-state index < -0.39 is 36.4 Å². The first-order valence-electron chi connectivity index (χ1n) is 9.47. The van der Waals surface area contributed by atoms with Crippen molar-refractivity contribution in [3.05, 3.63) is 59.8 Å². The van der Waals surface area contributed by atoms with E-state index in [9.17, 15) is 9.59 Å². The summed E-state index contributed by atoms with van der Waals surface area (Å²) in [5, 5.41) is 0. The van der Waals surface area contributed by atoms with Gasteiger partial charge in [-0.2, -0.15) is 0 Å². The van der Waals surface area contributed by atoms with Crippen LogP contribution >= 0.6 is 0 Å². The normalized spacial score (nSPS) is 22.8. The highest BCUT2D eigenvalue weighted by molar-refractivity contribution is 5.91. The fourth-order valence-electron chi connectivity index (χ4n) is 2.61. The lowest BCUT2D eigenvalue weighted by molar-refractivity contribution is -0.156. The molecule has 0 N–H and O–H groups in total. The van der Waals surface area contributed by atoms with Crippen molar-refractivity contribution >= 4 is 11.9 Å². The fourth-order valence-corrected chi connectivity index (χ4v) is 2.61. The third kappa shape index (κ3) is 7.83. The molecule has 160 valence electrons. The molecule has 4 unspecified atom stereocenters. The van der Waals surface area contributed by atoms with E-state index in [2.05, 4.69) is 13.2 Å². The maximum Gasteiger partial charge on any atom is 0.337 e. The Morgan fingerprint density at radius 1 is 1.07 bits per heavy atom. The molecule has 1 aliphatic rings. The van der Waals surface area contributed by atoms with Crippen LogP contribution in [0.3, 0.4) is 0 Å². The van der Waals surface area contributed by atoms with Crippen molar-refractivity contribution in [3.63, 3.8) is 0 Å². The van der Waals surface area contributed by atoms with Crippen molar-refractivity contribution in [3.8, 4) is 0 Å². The zero-order valence-corrected chi connectivity index (χ0v) is 18.2. The molecule has 0 aromatic rings. The van der Waals surface area contributed by atoms with Crippen LogP contribution in [0.25, 0.3) is 0 Å². The zero-order valence-electron chi connectivity index (χ0n) is 18.2. The molecular weight excluding hydrogens is 372 g/mol. The van der Waals surface area contributed by atoms with Gasteiger partial charge in [-0.25, -0.2) is 9.59 Å². The minimum atomic E-state index is -0.617. The number of carbonyl (C=O) groups is 2. The van der Waals surface area contributed by atoms with Crippen LogP contribution in [0, 0.1) is 0 Å². The van der Waals surface area contributed by atoms with Gasteiger partial charge < -0.3 is 18.9 Å². The van der Waals surface area contributed by atoms with E-state index in [1.54, 1.807) is 32.1 Å². The molecule has 6 nitrogen and oxygen atoms in total. The molecule has 0 amide bonds. The molecule has 1 rings (SSSR count). The van der Waals surface area contributed by atoms with E-state index in [0.29, 0.717) is 5.57 Å². The SMILES string of the molecule is C=C(C)C=CC(=C)C(=O)OC(C)C1OCC(OC(=O)C(C)=CC=C(C)C)C1OC. The first-order valence-corrected chi connectivity index (χ1v) is 9.47. The lowest BCUT2D eigenvalue weighted by Gasteiger charge is -2.25. The topological polar surface area (TPSA) is 71.1 Å². The van der Waals surface area contributed by atoms with Gasteiger partial charge in [0, 0.05) is 12.7 Å². The molecule has 0 radical (unpaired) electrons. The average molecular weight is 405 g/mol. The highest BCUT2D eigenvalue weighted by atomic mass is 16.6. The summed E-state index contributed by atoms with van der Waals surface area (Å²) in [4.78, 5) is 24.5. The molecule has 0 aromatic carbocycles. The Hall–Kier alpha value is -2.44. The molecule has 4 atom stereocenters. The van der Waals surface area contributed by atoms with Crippen LogP contribution in [0.4, 0.5) is 0 Å². The lowest BCUT2D eigenvalue weighted by atomic mass is 10.1. The Balaban J connectivity index is 2.73. The van der Waals surface area contributed by atoms with E-state index in [1.165, 1.54) is 7.11 Å². The maximum absolute atomic E-state index is 12.3. The second-order valence-electron chi connectivity index (χ2n) is 7.35. The molecule has 0 bridgehead atoms. The van der Waals surface area contributed by atoms with Gasteiger partial charge in [0.25, 0.3) is 0 Å². The van der Waals surface area contributed by atoms with Gasteiger partial charge in [0.05, 0.1) is 12.2 Å². The summed E-state index contributed by atoms with van der Waals surface area (Å²) in [6, 6.07) is 0. The van der Waals surface area contributed by atoms with Crippen molar-refractivity contribution in [2.24, 2.45) is 0 Å². The summed E-state index contributed by atoms with van der Waals surface area (Å²) in [6.45, 7) is 16.7. The molecule has 29 heavy (non-hydrogen) atoms. The minimum Gasteiger partial charge on any atom is -0.456 e. The van der Waals surface area contributed by atoms with Gasteiger partial charge in [0.1, 0.15) is 18.3 Å². The summed E-state index contributed by atoms with van der Waals surface area (Å²) in [5.41, 5.74) is 2.55. The second-order valence-corrected chi connectivity index (χ2v) is 7.35. The summed E-state index contributed by atoms with van der Waals surface area (Å²) >= 11 is 0. The van der Waals surface area contributed by atoms with E-state index in [-0.39, 0.29) is 12.2 Å². The summed E-state index contributed by atoms with van der Waals surface area (Å²) in [7, 11) is 1.50. The summed E-state index contributed by atoms with van der Waals surface area (Å²) in [5.74, 6) is -1.00. The molecule has 0 spiro atoms. The number of hydrogen-bond acceptors (Lipinski definition) is 6. The molecule has 1 saturated heterocycles. The number of esters is 2. The van der Waals surface area contributed by atoms with Crippen LogP contribution in [-0.4, -0.2) is 50.1 Å². The minimum absolute atomic E-state index is 0.156. The van der Waals surface area contributed by atoms with Crippen LogP contribution in [0.2, 0.25) is 0 Å². The van der Waals surface area contributed by atoms with Crippen molar-refractivity contribution in [1.29, 1.82) is 0 Å². The van der Waals surface area contributed by atoms with Gasteiger partial charge in [0.2, 0.25) is 0 Å². The molecule has 0 aromatic heterocycles. The number of hydrogen-bond donors (Lipinski definition) is 0. The molecular formula is C23H32O6. The quantitative estimate of drug-likeness (QED) is 0.330. The number of carbonyl (C=O) groups excluding carboxylic acids is 2. The standard InChI is InChI=1S/C23H32O6/c1-14(2)9-11-16(5)22(24)28-18(7)20-21(26-8)19(13-27-20)29-23(25)17(6)12-10-15(3)4/h9-12,18-21H,1,5,13H2,2-4,6-8H3. The monoisotopic (exact) mass is 404 g/mol. The predicted octanol–water partition coefficient (Wildman–Crippen LogP) is 3.84. The van der Waals surface area contributed by atoms with E-state index >= 15 is 0 Å². The summed E-state index contributed by atoms with van der Waals surface area (Å²) < 4.78 is 22.2. The maximum atomic E-state index is 12.3. The van der Waals surface area contributed by atoms with Gasteiger partial charge >= 0.3 is 11.9 Å². The average Bonchev–Trinajstić information content (AvgIpc) is 3.06. The van der Waals surface area contributed by atoms with Crippen LogP contribution in [0.15, 0.2) is 59.8 Å². The highest BCUT2D eigenvalue weighted by Crippen LogP contribution is 2.25. The van der Waals surface area contributed by atoms with Crippen LogP contribution in [0.5, 0.6) is 0 Å². The van der Waals surface area contributed by atoms with Crippen LogP contribution < -0.4 is 0 Å². The van der Waals surface area contributed by atoms with Crippen molar-refractivity contribution < 1.29 is 28.5 Å². The number of methoxy groups -OCH3 is 1. The number of ether oxygens (including phenoxy) is 4. The third-order valence-electron chi connectivity index (χ3n) is 4.25. The summed E-state index contributed by atoms with van der Waals surface area (Å²) in [6.07, 6.45) is 4.44. The molecule has 1 fully saturated rings. The highest BCUT2D eigenvalue weighted by Gasteiger charge is 2.44. The number of allylic oxidation sites excluding steroid dienone is 5. The Labute approximate surface area is 173 Å². The zero-order chi connectivity index (χ0) is 22.1. The molecule has 1 aliphatic heterocycles. The first kappa shape index (κ1) is 24.6. The Morgan fingerprint density at radius 2 is 1.72 bits per heavy atom. The Morgan fingerprint density at radius 3 is 2.28 bits per heavy atom.